The smallest absolute Gasteiger partial charge is 0.251 e. The van der Waals surface area contributed by atoms with Crippen LogP contribution in [0.15, 0.2) is 42.5 Å². The second-order valence-corrected chi connectivity index (χ2v) is 7.78. The van der Waals surface area contributed by atoms with Crippen molar-refractivity contribution in [3.8, 4) is 0 Å². The van der Waals surface area contributed by atoms with Crippen molar-refractivity contribution in [1.82, 2.24) is 5.32 Å². The molecular formula is C23H30N2O. The minimum atomic E-state index is -0.0190. The third kappa shape index (κ3) is 4.27. The standard InChI is InChI=1S/C23H30N2O/c1-16-6-5-13-25(15-16)22-11-9-20(10-12-22)19(4)24-23(26)21-8-7-17(2)18(3)14-21/h7-12,14,16,19H,5-6,13,15H2,1-4H3,(H,24,26)/t16-,19+/m1/s1. The average Bonchev–Trinajstić information content (AvgIpc) is 2.64. The van der Waals surface area contributed by atoms with Gasteiger partial charge in [0.05, 0.1) is 6.04 Å². The highest BCUT2D eigenvalue weighted by Crippen LogP contribution is 2.24. The SMILES string of the molecule is Cc1ccc(C(=O)N[C@@H](C)c2ccc(N3CCC[C@@H](C)C3)cc2)cc1C. The first-order valence-corrected chi connectivity index (χ1v) is 9.67. The number of carbonyl (C=O) groups excluding carboxylic acids is 1. The van der Waals surface area contributed by atoms with E-state index in [-0.39, 0.29) is 11.9 Å². The zero-order valence-corrected chi connectivity index (χ0v) is 16.4. The average molecular weight is 351 g/mol. The highest BCUT2D eigenvalue weighted by molar-refractivity contribution is 5.94. The molecule has 2 aromatic rings. The molecule has 0 aliphatic carbocycles. The van der Waals surface area contributed by atoms with Gasteiger partial charge in [-0.2, -0.15) is 0 Å². The summed E-state index contributed by atoms with van der Waals surface area (Å²) in [5.74, 6) is 0.745. The molecule has 2 atom stereocenters. The number of hydrogen-bond donors (Lipinski definition) is 1. The number of anilines is 1. The van der Waals surface area contributed by atoms with Gasteiger partial charge in [0.15, 0.2) is 0 Å². The number of amides is 1. The first kappa shape index (κ1) is 18.5. The van der Waals surface area contributed by atoms with Crippen molar-refractivity contribution in [3.05, 3.63) is 64.7 Å². The maximum atomic E-state index is 12.5. The van der Waals surface area contributed by atoms with Gasteiger partial charge >= 0.3 is 0 Å². The summed E-state index contributed by atoms with van der Waals surface area (Å²) in [5.41, 5.74) is 5.49. The molecule has 0 spiro atoms. The Morgan fingerprint density at radius 2 is 1.85 bits per heavy atom. The molecule has 0 bridgehead atoms. The fraction of sp³-hybridized carbons (Fsp3) is 0.435. The van der Waals surface area contributed by atoms with Gasteiger partial charge in [-0.15, -0.1) is 0 Å². The predicted molar refractivity (Wildman–Crippen MR) is 109 cm³/mol. The molecule has 1 saturated heterocycles. The fourth-order valence-corrected chi connectivity index (χ4v) is 3.64. The summed E-state index contributed by atoms with van der Waals surface area (Å²) in [6.45, 7) is 10.7. The predicted octanol–water partition coefficient (Wildman–Crippen LogP) is 5.03. The topological polar surface area (TPSA) is 32.3 Å². The molecule has 2 aromatic carbocycles. The first-order chi connectivity index (χ1) is 12.4. The maximum absolute atomic E-state index is 12.5. The minimum Gasteiger partial charge on any atom is -0.371 e. The third-order valence-corrected chi connectivity index (χ3v) is 5.53. The van der Waals surface area contributed by atoms with Crippen LogP contribution in [-0.2, 0) is 0 Å². The number of benzene rings is 2. The van der Waals surface area contributed by atoms with Crippen molar-refractivity contribution in [2.45, 2.75) is 46.6 Å². The van der Waals surface area contributed by atoms with Crippen LogP contribution < -0.4 is 10.2 Å². The Bertz CT molecular complexity index is 766. The van der Waals surface area contributed by atoms with Crippen LogP contribution >= 0.6 is 0 Å². The van der Waals surface area contributed by atoms with Gasteiger partial charge in [-0.25, -0.2) is 0 Å². The van der Waals surface area contributed by atoms with Crippen LogP contribution in [0, 0.1) is 19.8 Å². The quantitative estimate of drug-likeness (QED) is 0.839. The van der Waals surface area contributed by atoms with Gasteiger partial charge in [0.25, 0.3) is 5.91 Å². The summed E-state index contributed by atoms with van der Waals surface area (Å²) in [4.78, 5) is 15.0. The van der Waals surface area contributed by atoms with Gasteiger partial charge in [-0.05, 0) is 80.5 Å². The minimum absolute atomic E-state index is 0.0153. The molecule has 0 unspecified atom stereocenters. The van der Waals surface area contributed by atoms with Crippen LogP contribution in [0.5, 0.6) is 0 Å². The second kappa shape index (κ2) is 7.94. The van der Waals surface area contributed by atoms with Gasteiger partial charge in [-0.1, -0.05) is 25.1 Å². The van der Waals surface area contributed by atoms with E-state index in [9.17, 15) is 4.79 Å². The Kier molecular flexibility index (Phi) is 5.65. The van der Waals surface area contributed by atoms with Crippen molar-refractivity contribution >= 4 is 11.6 Å². The molecule has 0 aromatic heterocycles. The molecule has 1 fully saturated rings. The van der Waals surface area contributed by atoms with E-state index in [1.165, 1.54) is 24.1 Å². The van der Waals surface area contributed by atoms with Crippen molar-refractivity contribution in [1.29, 1.82) is 0 Å². The van der Waals surface area contributed by atoms with E-state index in [0.717, 1.165) is 35.7 Å². The maximum Gasteiger partial charge on any atom is 0.251 e. The lowest BCUT2D eigenvalue weighted by Gasteiger charge is -2.33. The van der Waals surface area contributed by atoms with Crippen LogP contribution in [0.4, 0.5) is 5.69 Å². The zero-order valence-electron chi connectivity index (χ0n) is 16.4. The van der Waals surface area contributed by atoms with Gasteiger partial charge < -0.3 is 10.2 Å². The number of carbonyl (C=O) groups is 1. The number of nitrogens with zero attached hydrogens (tertiary/aromatic N) is 1. The molecule has 1 aliphatic rings. The Labute approximate surface area is 157 Å². The van der Waals surface area contributed by atoms with Crippen molar-refractivity contribution in [2.24, 2.45) is 5.92 Å². The largest absolute Gasteiger partial charge is 0.371 e. The van der Waals surface area contributed by atoms with Crippen molar-refractivity contribution < 1.29 is 4.79 Å². The van der Waals surface area contributed by atoms with E-state index in [1.807, 2.05) is 32.0 Å². The summed E-state index contributed by atoms with van der Waals surface area (Å²) in [7, 11) is 0. The van der Waals surface area contributed by atoms with Gasteiger partial charge in [0, 0.05) is 24.3 Å². The Balaban J connectivity index is 1.65. The summed E-state index contributed by atoms with van der Waals surface area (Å²) in [5, 5.41) is 3.11. The van der Waals surface area contributed by atoms with E-state index in [2.05, 4.69) is 48.3 Å². The van der Waals surface area contributed by atoms with Crippen LogP contribution in [-0.4, -0.2) is 19.0 Å². The third-order valence-electron chi connectivity index (χ3n) is 5.53. The fourth-order valence-electron chi connectivity index (χ4n) is 3.64. The summed E-state index contributed by atoms with van der Waals surface area (Å²) in [6, 6.07) is 14.5. The first-order valence-electron chi connectivity index (χ1n) is 9.67. The molecule has 26 heavy (non-hydrogen) atoms. The normalized spacial score (nSPS) is 18.5. The summed E-state index contributed by atoms with van der Waals surface area (Å²) in [6.07, 6.45) is 2.60. The number of aryl methyl sites for hydroxylation is 2. The molecule has 138 valence electrons. The monoisotopic (exact) mass is 350 g/mol. The van der Waals surface area contributed by atoms with Crippen molar-refractivity contribution in [2.75, 3.05) is 18.0 Å². The number of piperidine rings is 1. The highest BCUT2D eigenvalue weighted by atomic mass is 16.1. The number of rotatable bonds is 4. The van der Waals surface area contributed by atoms with E-state index in [0.29, 0.717) is 0 Å². The lowest BCUT2D eigenvalue weighted by molar-refractivity contribution is 0.0940. The molecule has 3 heteroatoms. The van der Waals surface area contributed by atoms with Gasteiger partial charge in [-0.3, -0.25) is 4.79 Å². The number of hydrogen-bond acceptors (Lipinski definition) is 2. The Morgan fingerprint density at radius 1 is 1.12 bits per heavy atom. The molecule has 3 nitrogen and oxygen atoms in total. The summed E-state index contributed by atoms with van der Waals surface area (Å²) >= 11 is 0. The molecule has 1 amide bonds. The van der Waals surface area contributed by atoms with E-state index in [1.54, 1.807) is 0 Å². The van der Waals surface area contributed by atoms with Gasteiger partial charge in [0.2, 0.25) is 0 Å². The van der Waals surface area contributed by atoms with Crippen LogP contribution in [0.2, 0.25) is 0 Å². The molecular weight excluding hydrogens is 320 g/mol. The second-order valence-electron chi connectivity index (χ2n) is 7.78. The van der Waals surface area contributed by atoms with E-state index >= 15 is 0 Å². The number of nitrogens with one attached hydrogen (secondary N) is 1. The Morgan fingerprint density at radius 3 is 2.50 bits per heavy atom. The van der Waals surface area contributed by atoms with Crippen LogP contribution in [0.3, 0.4) is 0 Å². The lowest BCUT2D eigenvalue weighted by atomic mass is 9.99. The van der Waals surface area contributed by atoms with E-state index in [4.69, 9.17) is 0 Å². The molecule has 1 heterocycles. The molecule has 0 saturated carbocycles. The van der Waals surface area contributed by atoms with E-state index < -0.39 is 0 Å². The molecule has 0 radical (unpaired) electrons. The van der Waals surface area contributed by atoms with Gasteiger partial charge in [0.1, 0.15) is 0 Å². The Hall–Kier alpha value is -2.29. The molecule has 1 aliphatic heterocycles. The van der Waals surface area contributed by atoms with Crippen molar-refractivity contribution in [3.63, 3.8) is 0 Å². The van der Waals surface area contributed by atoms with Crippen LogP contribution in [0.1, 0.15) is 59.8 Å². The highest BCUT2D eigenvalue weighted by Gasteiger charge is 2.17. The molecule has 3 rings (SSSR count). The van der Waals surface area contributed by atoms with Crippen LogP contribution in [0.25, 0.3) is 0 Å². The lowest BCUT2D eigenvalue weighted by Crippen LogP contribution is -2.34. The zero-order chi connectivity index (χ0) is 18.7. The molecule has 1 N–H and O–H groups in total. The summed E-state index contributed by atoms with van der Waals surface area (Å²) < 4.78 is 0.